The average Bonchev–Trinajstić information content (AvgIpc) is 3.33. The van der Waals surface area contributed by atoms with Crippen LogP contribution in [0.25, 0.3) is 5.69 Å². The van der Waals surface area contributed by atoms with E-state index in [9.17, 15) is 14.7 Å². The molecule has 0 saturated carbocycles. The van der Waals surface area contributed by atoms with Crippen LogP contribution >= 0.6 is 0 Å². The molecule has 2 aromatic carbocycles. The minimum absolute atomic E-state index is 0.0710. The summed E-state index contributed by atoms with van der Waals surface area (Å²) in [4.78, 5) is 30.2. The number of hydrogen-bond acceptors (Lipinski definition) is 8. The fourth-order valence-electron chi connectivity index (χ4n) is 4.93. The van der Waals surface area contributed by atoms with Gasteiger partial charge < -0.3 is 29.5 Å². The molecule has 3 heterocycles. The van der Waals surface area contributed by atoms with Crippen LogP contribution in [0.15, 0.2) is 48.5 Å². The molecule has 5 rings (SSSR count). The fraction of sp³-hybridized carbons (Fsp3) is 0.370. The first-order chi connectivity index (χ1) is 18.0. The molecule has 0 spiro atoms. The van der Waals surface area contributed by atoms with Crippen molar-refractivity contribution in [2.24, 2.45) is 0 Å². The van der Waals surface area contributed by atoms with Crippen LogP contribution in [0.5, 0.6) is 5.75 Å². The van der Waals surface area contributed by atoms with Crippen LogP contribution in [-0.4, -0.2) is 71.5 Å². The molecule has 2 N–H and O–H groups in total. The van der Waals surface area contributed by atoms with Gasteiger partial charge in [-0.25, -0.2) is 9.48 Å². The molecule has 0 bridgehead atoms. The second kappa shape index (κ2) is 10.6. The third-order valence-electron chi connectivity index (χ3n) is 6.82. The zero-order chi connectivity index (χ0) is 25.9. The molecule has 1 aromatic heterocycles. The minimum atomic E-state index is -0.678. The first kappa shape index (κ1) is 24.8. The predicted molar refractivity (Wildman–Crippen MR) is 137 cm³/mol. The quantitative estimate of drug-likeness (QED) is 0.470. The lowest BCUT2D eigenvalue weighted by Gasteiger charge is -2.34. The molecular formula is C27H30N4O6. The molecule has 2 aliphatic rings. The number of fused-ring (bicyclic) bond motifs is 1. The molecule has 194 valence electrons. The van der Waals surface area contributed by atoms with E-state index in [0.29, 0.717) is 35.7 Å². The number of carbonyl (C=O) groups is 2. The predicted octanol–water partition coefficient (Wildman–Crippen LogP) is 2.54. The Hall–Kier alpha value is -3.89. The van der Waals surface area contributed by atoms with Gasteiger partial charge in [0.2, 0.25) is 0 Å². The number of hydrogen-bond donors (Lipinski definition) is 2. The molecule has 1 fully saturated rings. The number of aliphatic hydroxyl groups is 2. The summed E-state index contributed by atoms with van der Waals surface area (Å²) in [6.45, 7) is 0.709. The van der Waals surface area contributed by atoms with E-state index in [1.54, 1.807) is 36.3 Å². The second-order valence-corrected chi connectivity index (χ2v) is 9.04. The maximum absolute atomic E-state index is 13.8. The molecule has 37 heavy (non-hydrogen) atoms. The van der Waals surface area contributed by atoms with E-state index < -0.39 is 12.2 Å². The molecule has 3 aromatic rings. The Morgan fingerprint density at radius 1 is 1.03 bits per heavy atom. The van der Waals surface area contributed by atoms with Crippen molar-refractivity contribution >= 4 is 23.3 Å². The highest BCUT2D eigenvalue weighted by molar-refractivity contribution is 6.09. The van der Waals surface area contributed by atoms with Crippen molar-refractivity contribution < 1.29 is 29.3 Å². The number of nitrogens with zero attached hydrogens (tertiary/aromatic N) is 4. The summed E-state index contributed by atoms with van der Waals surface area (Å²) >= 11 is 0. The van der Waals surface area contributed by atoms with Gasteiger partial charge in [-0.2, -0.15) is 5.10 Å². The number of piperidine rings is 1. The Labute approximate surface area is 214 Å². The maximum Gasteiger partial charge on any atom is 0.359 e. The van der Waals surface area contributed by atoms with Crippen molar-refractivity contribution in [3.63, 3.8) is 0 Å². The Morgan fingerprint density at radius 3 is 2.41 bits per heavy atom. The molecule has 0 radical (unpaired) electrons. The number of methoxy groups -OCH3 is 1. The van der Waals surface area contributed by atoms with Gasteiger partial charge in [-0.05, 0) is 74.2 Å². The third kappa shape index (κ3) is 4.77. The molecule has 2 aliphatic heterocycles. The van der Waals surface area contributed by atoms with Crippen LogP contribution in [0.1, 0.15) is 45.8 Å². The van der Waals surface area contributed by atoms with E-state index in [1.807, 2.05) is 29.2 Å². The normalized spacial score (nSPS) is 17.5. The van der Waals surface area contributed by atoms with E-state index >= 15 is 0 Å². The zero-order valence-electron chi connectivity index (χ0n) is 20.7. The number of benzene rings is 2. The van der Waals surface area contributed by atoms with Gasteiger partial charge in [0.05, 0.1) is 19.4 Å². The van der Waals surface area contributed by atoms with Gasteiger partial charge in [0.15, 0.2) is 5.69 Å². The first-order valence-electron chi connectivity index (χ1n) is 12.4. The number of esters is 1. The molecule has 10 heteroatoms. The van der Waals surface area contributed by atoms with Crippen LogP contribution in [0.3, 0.4) is 0 Å². The molecule has 1 amide bonds. The van der Waals surface area contributed by atoms with Gasteiger partial charge >= 0.3 is 5.97 Å². The lowest BCUT2D eigenvalue weighted by atomic mass is 10.0. The van der Waals surface area contributed by atoms with Crippen LogP contribution < -0.4 is 14.5 Å². The van der Waals surface area contributed by atoms with E-state index in [1.165, 1.54) is 4.68 Å². The fourth-order valence-corrected chi connectivity index (χ4v) is 4.93. The first-order valence-corrected chi connectivity index (χ1v) is 12.4. The van der Waals surface area contributed by atoms with Crippen molar-refractivity contribution in [1.29, 1.82) is 0 Å². The van der Waals surface area contributed by atoms with Gasteiger partial charge in [-0.15, -0.1) is 0 Å². The van der Waals surface area contributed by atoms with Gasteiger partial charge in [0, 0.05) is 30.0 Å². The Bertz CT molecular complexity index is 1270. The summed E-state index contributed by atoms with van der Waals surface area (Å²) in [7, 11) is 1.57. The van der Waals surface area contributed by atoms with E-state index in [4.69, 9.17) is 14.6 Å². The molecule has 1 atom stereocenters. The highest BCUT2D eigenvalue weighted by atomic mass is 16.5. The molecule has 10 nitrogen and oxygen atoms in total. The highest BCUT2D eigenvalue weighted by Crippen LogP contribution is 2.31. The summed E-state index contributed by atoms with van der Waals surface area (Å²) in [5.41, 5.74) is 3.12. The Balaban J connectivity index is 1.49. The number of anilines is 2. The van der Waals surface area contributed by atoms with E-state index in [2.05, 4.69) is 5.10 Å². The van der Waals surface area contributed by atoms with Gasteiger partial charge in [0.1, 0.15) is 24.3 Å². The highest BCUT2D eigenvalue weighted by Gasteiger charge is 2.35. The number of aromatic nitrogens is 2. The Morgan fingerprint density at radius 2 is 1.73 bits per heavy atom. The summed E-state index contributed by atoms with van der Waals surface area (Å²) in [5.74, 6) is -0.306. The van der Waals surface area contributed by atoms with Gasteiger partial charge in [0.25, 0.3) is 5.91 Å². The number of amides is 1. The lowest BCUT2D eigenvalue weighted by molar-refractivity contribution is 0.0425. The largest absolute Gasteiger partial charge is 0.497 e. The topological polar surface area (TPSA) is 117 Å². The smallest absolute Gasteiger partial charge is 0.359 e. The lowest BCUT2D eigenvalue weighted by Crippen LogP contribution is -2.40. The number of ether oxygens (including phenoxy) is 2. The van der Waals surface area contributed by atoms with Gasteiger partial charge in [-0.3, -0.25) is 4.79 Å². The standard InChI is InChI=1S/C27H30N4O6/c1-36-21-11-9-20(10-12-21)31-25-22(24(28-31)27(35)37-17-16-32)13-15-30(26(25)34)19-7-5-18(6-8-19)29-14-3-2-4-23(29)33/h5-12,23,32-33H,2-4,13-17H2,1H3. The molecule has 1 unspecified atom stereocenters. The van der Waals surface area contributed by atoms with Crippen molar-refractivity contribution in [3.05, 3.63) is 65.5 Å². The van der Waals surface area contributed by atoms with Gasteiger partial charge in [-0.1, -0.05) is 0 Å². The van der Waals surface area contributed by atoms with Crippen molar-refractivity contribution in [1.82, 2.24) is 9.78 Å². The van der Waals surface area contributed by atoms with Crippen LogP contribution in [-0.2, 0) is 11.2 Å². The average molecular weight is 507 g/mol. The van der Waals surface area contributed by atoms with Crippen molar-refractivity contribution in [2.45, 2.75) is 31.9 Å². The SMILES string of the molecule is COc1ccc(-n2nc(C(=O)OCCO)c3c2C(=O)N(c2ccc(N4CCCCC4O)cc2)CC3)cc1. The zero-order valence-corrected chi connectivity index (χ0v) is 20.7. The van der Waals surface area contributed by atoms with Crippen molar-refractivity contribution in [3.8, 4) is 11.4 Å². The number of aliphatic hydroxyl groups excluding tert-OH is 2. The van der Waals surface area contributed by atoms with Crippen LogP contribution in [0.2, 0.25) is 0 Å². The summed E-state index contributed by atoms with van der Waals surface area (Å²) in [6, 6.07) is 14.6. The molecule has 1 saturated heterocycles. The third-order valence-corrected chi connectivity index (χ3v) is 6.82. The van der Waals surface area contributed by atoms with Crippen LogP contribution in [0, 0.1) is 0 Å². The van der Waals surface area contributed by atoms with Crippen molar-refractivity contribution in [2.75, 3.05) is 43.2 Å². The van der Waals surface area contributed by atoms with Crippen LogP contribution in [0.4, 0.5) is 11.4 Å². The summed E-state index contributed by atoms with van der Waals surface area (Å²) in [5, 5.41) is 23.9. The number of carbonyl (C=O) groups excluding carboxylic acids is 2. The monoisotopic (exact) mass is 506 g/mol. The molecular weight excluding hydrogens is 476 g/mol. The Kier molecular flexibility index (Phi) is 7.11. The summed E-state index contributed by atoms with van der Waals surface area (Å²) < 4.78 is 11.8. The minimum Gasteiger partial charge on any atom is -0.497 e. The van der Waals surface area contributed by atoms with E-state index in [0.717, 1.165) is 37.2 Å². The summed E-state index contributed by atoms with van der Waals surface area (Å²) in [6.07, 6.45) is 2.70. The number of rotatable bonds is 7. The van der Waals surface area contributed by atoms with E-state index in [-0.39, 0.29) is 24.8 Å². The second-order valence-electron chi connectivity index (χ2n) is 9.04. The maximum atomic E-state index is 13.8. The molecule has 0 aliphatic carbocycles.